The quantitative estimate of drug-likeness (QED) is 0.709. The summed E-state index contributed by atoms with van der Waals surface area (Å²) < 4.78 is 0. The van der Waals surface area contributed by atoms with Crippen molar-refractivity contribution in [2.75, 3.05) is 0 Å². The summed E-state index contributed by atoms with van der Waals surface area (Å²) in [6.45, 7) is 2.04. The lowest BCUT2D eigenvalue weighted by Gasteiger charge is -2.23. The van der Waals surface area contributed by atoms with E-state index in [1.54, 1.807) is 0 Å². The summed E-state index contributed by atoms with van der Waals surface area (Å²) in [7, 11) is 0. The fourth-order valence-electron chi connectivity index (χ4n) is 2.26. The number of aryl methyl sites for hydroxylation is 1. The van der Waals surface area contributed by atoms with Crippen LogP contribution in [-0.2, 0) is 5.60 Å². The first kappa shape index (κ1) is 9.69. The first-order valence-corrected chi connectivity index (χ1v) is 5.15. The number of rotatable bonds is 1. The van der Waals surface area contributed by atoms with Gasteiger partial charge in [-0.2, -0.15) is 0 Å². The Morgan fingerprint density at radius 2 is 2.29 bits per heavy atom. The van der Waals surface area contributed by atoms with Gasteiger partial charge in [0.2, 0.25) is 0 Å². The maximum Gasteiger partial charge on any atom is 0.0912 e. The van der Waals surface area contributed by atoms with Crippen LogP contribution in [0.2, 0.25) is 0 Å². The van der Waals surface area contributed by atoms with Gasteiger partial charge in [0.25, 0.3) is 0 Å². The van der Waals surface area contributed by atoms with Crippen molar-refractivity contribution in [2.45, 2.75) is 37.8 Å². The summed E-state index contributed by atoms with van der Waals surface area (Å²) in [6.07, 6.45) is 2.40. The van der Waals surface area contributed by atoms with Gasteiger partial charge in [0.1, 0.15) is 0 Å². The summed E-state index contributed by atoms with van der Waals surface area (Å²) in [4.78, 5) is 0. The highest BCUT2D eigenvalue weighted by Crippen LogP contribution is 2.38. The topological polar surface area (TPSA) is 46.2 Å². The molecule has 14 heavy (non-hydrogen) atoms. The first-order valence-electron chi connectivity index (χ1n) is 5.15. The van der Waals surface area contributed by atoms with E-state index in [-0.39, 0.29) is 6.04 Å². The monoisotopic (exact) mass is 191 g/mol. The number of benzene rings is 1. The Kier molecular flexibility index (Phi) is 2.33. The second kappa shape index (κ2) is 3.37. The SMILES string of the molecule is Cc1cccc(C2(O)CCC(N)C2)c1. The van der Waals surface area contributed by atoms with Crippen molar-refractivity contribution in [1.29, 1.82) is 0 Å². The molecule has 0 heterocycles. The third-order valence-electron chi connectivity index (χ3n) is 3.08. The summed E-state index contributed by atoms with van der Waals surface area (Å²) in [5, 5.41) is 10.4. The van der Waals surface area contributed by atoms with Crippen LogP contribution >= 0.6 is 0 Å². The predicted octanol–water partition coefficient (Wildman–Crippen LogP) is 1.69. The molecule has 2 rings (SSSR count). The van der Waals surface area contributed by atoms with E-state index in [2.05, 4.69) is 6.07 Å². The van der Waals surface area contributed by atoms with E-state index in [1.807, 2.05) is 25.1 Å². The largest absolute Gasteiger partial charge is 0.385 e. The van der Waals surface area contributed by atoms with Crippen molar-refractivity contribution in [3.63, 3.8) is 0 Å². The Balaban J connectivity index is 2.30. The molecule has 1 aliphatic carbocycles. The molecule has 0 saturated heterocycles. The Hall–Kier alpha value is -0.860. The number of aliphatic hydroxyl groups is 1. The summed E-state index contributed by atoms with van der Waals surface area (Å²) >= 11 is 0. The van der Waals surface area contributed by atoms with E-state index >= 15 is 0 Å². The minimum atomic E-state index is -0.675. The van der Waals surface area contributed by atoms with Crippen molar-refractivity contribution in [2.24, 2.45) is 5.73 Å². The normalized spacial score (nSPS) is 32.1. The molecule has 0 radical (unpaired) electrons. The lowest BCUT2D eigenvalue weighted by molar-refractivity contribution is 0.0430. The molecule has 2 nitrogen and oxygen atoms in total. The van der Waals surface area contributed by atoms with Gasteiger partial charge < -0.3 is 10.8 Å². The molecule has 1 aromatic carbocycles. The van der Waals surface area contributed by atoms with Crippen LogP contribution in [0.15, 0.2) is 24.3 Å². The lowest BCUT2D eigenvalue weighted by atomic mass is 9.91. The standard InChI is InChI=1S/C12H17NO/c1-9-3-2-4-10(7-9)12(14)6-5-11(13)8-12/h2-4,7,11,14H,5-6,8,13H2,1H3. The third-order valence-corrected chi connectivity index (χ3v) is 3.08. The molecule has 2 atom stereocenters. The maximum atomic E-state index is 10.4. The fraction of sp³-hybridized carbons (Fsp3) is 0.500. The first-order chi connectivity index (χ1) is 6.60. The summed E-state index contributed by atoms with van der Waals surface area (Å²) in [6, 6.07) is 8.23. The highest BCUT2D eigenvalue weighted by atomic mass is 16.3. The van der Waals surface area contributed by atoms with Gasteiger partial charge in [-0.15, -0.1) is 0 Å². The van der Waals surface area contributed by atoms with Crippen LogP contribution in [0.5, 0.6) is 0 Å². The summed E-state index contributed by atoms with van der Waals surface area (Å²) in [5.41, 5.74) is 7.36. The highest BCUT2D eigenvalue weighted by Gasteiger charge is 2.37. The molecule has 0 amide bonds. The highest BCUT2D eigenvalue weighted by molar-refractivity contribution is 5.28. The van der Waals surface area contributed by atoms with Gasteiger partial charge in [0.15, 0.2) is 0 Å². The molecule has 0 aromatic heterocycles. The Bertz CT molecular complexity index is 337. The van der Waals surface area contributed by atoms with Crippen molar-refractivity contribution < 1.29 is 5.11 Å². The molecule has 0 aliphatic heterocycles. The molecule has 0 bridgehead atoms. The molecule has 2 heteroatoms. The number of hydrogen-bond acceptors (Lipinski definition) is 2. The van der Waals surface area contributed by atoms with E-state index in [1.165, 1.54) is 5.56 Å². The molecule has 76 valence electrons. The molecule has 2 unspecified atom stereocenters. The van der Waals surface area contributed by atoms with Gasteiger partial charge >= 0.3 is 0 Å². The van der Waals surface area contributed by atoms with Crippen LogP contribution in [0, 0.1) is 6.92 Å². The second-order valence-electron chi connectivity index (χ2n) is 4.40. The van der Waals surface area contributed by atoms with Gasteiger partial charge in [-0.25, -0.2) is 0 Å². The van der Waals surface area contributed by atoms with Crippen molar-refractivity contribution >= 4 is 0 Å². The Morgan fingerprint density at radius 3 is 2.86 bits per heavy atom. The zero-order valence-corrected chi connectivity index (χ0v) is 8.53. The van der Waals surface area contributed by atoms with Crippen molar-refractivity contribution in [1.82, 2.24) is 0 Å². The Morgan fingerprint density at radius 1 is 1.50 bits per heavy atom. The van der Waals surface area contributed by atoms with Gasteiger partial charge in [0.05, 0.1) is 5.60 Å². The number of hydrogen-bond donors (Lipinski definition) is 2. The van der Waals surface area contributed by atoms with Crippen molar-refractivity contribution in [3.8, 4) is 0 Å². The van der Waals surface area contributed by atoms with Crippen LogP contribution in [-0.4, -0.2) is 11.1 Å². The molecular weight excluding hydrogens is 174 g/mol. The zero-order valence-electron chi connectivity index (χ0n) is 8.53. The van der Waals surface area contributed by atoms with E-state index < -0.39 is 5.60 Å². The van der Waals surface area contributed by atoms with Crippen LogP contribution in [0.1, 0.15) is 30.4 Å². The Labute approximate surface area is 84.7 Å². The van der Waals surface area contributed by atoms with Gasteiger partial charge in [0, 0.05) is 6.04 Å². The lowest BCUT2D eigenvalue weighted by Crippen LogP contribution is -2.25. The van der Waals surface area contributed by atoms with E-state index in [0.717, 1.165) is 18.4 Å². The van der Waals surface area contributed by atoms with Gasteiger partial charge in [-0.3, -0.25) is 0 Å². The fourth-order valence-corrected chi connectivity index (χ4v) is 2.26. The van der Waals surface area contributed by atoms with Gasteiger partial charge in [-0.05, 0) is 31.7 Å². The van der Waals surface area contributed by atoms with Crippen LogP contribution in [0.25, 0.3) is 0 Å². The molecule has 1 saturated carbocycles. The van der Waals surface area contributed by atoms with Crippen LogP contribution < -0.4 is 5.73 Å². The smallest absolute Gasteiger partial charge is 0.0912 e. The van der Waals surface area contributed by atoms with Crippen molar-refractivity contribution in [3.05, 3.63) is 35.4 Å². The summed E-state index contributed by atoms with van der Waals surface area (Å²) in [5.74, 6) is 0. The molecule has 1 fully saturated rings. The average molecular weight is 191 g/mol. The predicted molar refractivity (Wildman–Crippen MR) is 56.9 cm³/mol. The maximum absolute atomic E-state index is 10.4. The van der Waals surface area contributed by atoms with E-state index in [4.69, 9.17) is 5.73 Å². The third kappa shape index (κ3) is 1.68. The minimum absolute atomic E-state index is 0.153. The van der Waals surface area contributed by atoms with E-state index in [0.29, 0.717) is 6.42 Å². The molecular formula is C12H17NO. The van der Waals surface area contributed by atoms with Crippen LogP contribution in [0.4, 0.5) is 0 Å². The van der Waals surface area contributed by atoms with Crippen LogP contribution in [0.3, 0.4) is 0 Å². The minimum Gasteiger partial charge on any atom is -0.385 e. The number of nitrogens with two attached hydrogens (primary N) is 1. The van der Waals surface area contributed by atoms with Gasteiger partial charge in [-0.1, -0.05) is 29.8 Å². The molecule has 1 aromatic rings. The zero-order chi connectivity index (χ0) is 10.2. The average Bonchev–Trinajstić information content (AvgIpc) is 2.48. The molecule has 1 aliphatic rings. The molecule has 3 N–H and O–H groups in total. The molecule has 0 spiro atoms. The second-order valence-corrected chi connectivity index (χ2v) is 4.40. The van der Waals surface area contributed by atoms with E-state index in [9.17, 15) is 5.11 Å².